The van der Waals surface area contributed by atoms with Crippen LogP contribution in [-0.4, -0.2) is 30.6 Å². The van der Waals surface area contributed by atoms with Gasteiger partial charge in [0.25, 0.3) is 0 Å². The third-order valence-corrected chi connectivity index (χ3v) is 3.86. The molecule has 0 unspecified atom stereocenters. The number of thiol groups is 1. The minimum atomic E-state index is 0.569. The minimum absolute atomic E-state index is 0.569. The van der Waals surface area contributed by atoms with Crippen LogP contribution >= 0.6 is 12.6 Å². The molecule has 0 bridgehead atoms. The largest absolute Gasteiger partial charge is 0.496 e. The van der Waals surface area contributed by atoms with Crippen LogP contribution in [0.5, 0.6) is 5.75 Å². The first-order valence-electron chi connectivity index (χ1n) is 7.02. The Bertz CT molecular complexity index is 382. The molecule has 0 amide bonds. The van der Waals surface area contributed by atoms with E-state index < -0.39 is 0 Å². The second kappa shape index (κ2) is 7.81. The van der Waals surface area contributed by atoms with Gasteiger partial charge in [-0.1, -0.05) is 12.1 Å². The van der Waals surface area contributed by atoms with E-state index in [9.17, 15) is 0 Å². The molecule has 0 aliphatic carbocycles. The first-order valence-corrected chi connectivity index (χ1v) is 7.65. The van der Waals surface area contributed by atoms with Crippen LogP contribution in [0.4, 0.5) is 0 Å². The smallest absolute Gasteiger partial charge is 0.122 e. The van der Waals surface area contributed by atoms with E-state index in [0.717, 1.165) is 24.5 Å². The summed E-state index contributed by atoms with van der Waals surface area (Å²) in [6.07, 6.45) is 1.02. The maximum absolute atomic E-state index is 5.45. The summed E-state index contributed by atoms with van der Waals surface area (Å²) in [7, 11) is 1.74. The first kappa shape index (κ1) is 16.4. The Hall–Kier alpha value is -0.670. The third-order valence-electron chi connectivity index (χ3n) is 3.49. The van der Waals surface area contributed by atoms with Crippen molar-refractivity contribution in [3.63, 3.8) is 0 Å². The van der Waals surface area contributed by atoms with Crippen molar-refractivity contribution in [2.75, 3.05) is 13.7 Å². The summed E-state index contributed by atoms with van der Waals surface area (Å²) in [6, 6.07) is 7.48. The van der Waals surface area contributed by atoms with E-state index in [2.05, 4.69) is 63.4 Å². The van der Waals surface area contributed by atoms with Crippen LogP contribution in [0.1, 0.15) is 38.8 Å². The predicted octanol–water partition coefficient (Wildman–Crippen LogP) is 3.79. The predicted molar refractivity (Wildman–Crippen MR) is 86.4 cm³/mol. The van der Waals surface area contributed by atoms with Gasteiger partial charge >= 0.3 is 0 Å². The van der Waals surface area contributed by atoms with Crippen molar-refractivity contribution in [2.45, 2.75) is 52.0 Å². The van der Waals surface area contributed by atoms with Crippen LogP contribution in [0.2, 0.25) is 0 Å². The zero-order valence-corrected chi connectivity index (χ0v) is 13.7. The molecule has 1 aromatic rings. The molecule has 0 fully saturated rings. The lowest BCUT2D eigenvalue weighted by Crippen LogP contribution is -2.38. The van der Waals surface area contributed by atoms with Gasteiger partial charge in [-0.05, 0) is 51.3 Å². The molecule has 108 valence electrons. The highest BCUT2D eigenvalue weighted by atomic mass is 32.1. The molecule has 0 aliphatic rings. The summed E-state index contributed by atoms with van der Waals surface area (Å²) >= 11 is 4.34. The fourth-order valence-corrected chi connectivity index (χ4v) is 2.68. The highest BCUT2D eigenvalue weighted by Crippen LogP contribution is 2.22. The molecule has 3 heteroatoms. The van der Waals surface area contributed by atoms with Gasteiger partial charge in [-0.25, -0.2) is 0 Å². The monoisotopic (exact) mass is 281 g/mol. The number of nitrogens with zero attached hydrogens (tertiary/aromatic N) is 1. The third kappa shape index (κ3) is 4.73. The fourth-order valence-electron chi connectivity index (χ4n) is 2.49. The van der Waals surface area contributed by atoms with Gasteiger partial charge in [0.2, 0.25) is 0 Å². The number of benzene rings is 1. The Morgan fingerprint density at radius 2 is 1.79 bits per heavy atom. The molecule has 0 heterocycles. The van der Waals surface area contributed by atoms with Gasteiger partial charge in [-0.2, -0.15) is 12.6 Å². The van der Waals surface area contributed by atoms with Crippen molar-refractivity contribution in [2.24, 2.45) is 0 Å². The van der Waals surface area contributed by atoms with Crippen molar-refractivity contribution >= 4 is 12.6 Å². The number of rotatable bonds is 7. The Labute approximate surface area is 123 Å². The van der Waals surface area contributed by atoms with E-state index in [1.807, 2.05) is 0 Å². The SMILES string of the molecule is COc1ccc(CS)cc1CCN(C(C)C)C(C)C. The maximum atomic E-state index is 5.45. The summed E-state index contributed by atoms with van der Waals surface area (Å²) in [5, 5.41) is 0. The number of ether oxygens (including phenoxy) is 1. The minimum Gasteiger partial charge on any atom is -0.496 e. The van der Waals surface area contributed by atoms with Crippen LogP contribution in [0.3, 0.4) is 0 Å². The quantitative estimate of drug-likeness (QED) is 0.764. The van der Waals surface area contributed by atoms with Gasteiger partial charge in [0.15, 0.2) is 0 Å². The lowest BCUT2D eigenvalue weighted by molar-refractivity contribution is 0.177. The van der Waals surface area contributed by atoms with E-state index >= 15 is 0 Å². The average Bonchev–Trinajstić information content (AvgIpc) is 2.37. The number of hydrogen-bond acceptors (Lipinski definition) is 3. The molecule has 0 N–H and O–H groups in total. The number of hydrogen-bond donors (Lipinski definition) is 1. The van der Waals surface area contributed by atoms with E-state index in [1.165, 1.54) is 11.1 Å². The van der Waals surface area contributed by atoms with Crippen LogP contribution in [0.25, 0.3) is 0 Å². The molecule has 1 aromatic carbocycles. The summed E-state index contributed by atoms with van der Waals surface area (Å²) in [5.41, 5.74) is 2.53. The van der Waals surface area contributed by atoms with Crippen LogP contribution < -0.4 is 4.74 Å². The van der Waals surface area contributed by atoms with Crippen LogP contribution in [-0.2, 0) is 12.2 Å². The molecule has 1 rings (SSSR count). The maximum Gasteiger partial charge on any atom is 0.122 e. The van der Waals surface area contributed by atoms with E-state index in [1.54, 1.807) is 7.11 Å². The van der Waals surface area contributed by atoms with Gasteiger partial charge in [0.1, 0.15) is 5.75 Å². The normalized spacial score (nSPS) is 11.6. The molecule has 0 saturated carbocycles. The lowest BCUT2D eigenvalue weighted by Gasteiger charge is -2.30. The molecule has 19 heavy (non-hydrogen) atoms. The molecule has 2 nitrogen and oxygen atoms in total. The summed E-state index contributed by atoms with van der Waals surface area (Å²) in [4.78, 5) is 2.51. The van der Waals surface area contributed by atoms with Crippen LogP contribution in [0.15, 0.2) is 18.2 Å². The molecular weight excluding hydrogens is 254 g/mol. The zero-order chi connectivity index (χ0) is 14.4. The van der Waals surface area contributed by atoms with Crippen molar-refractivity contribution in [1.29, 1.82) is 0 Å². The van der Waals surface area contributed by atoms with Crippen molar-refractivity contribution in [1.82, 2.24) is 4.90 Å². The first-order chi connectivity index (χ1) is 8.99. The summed E-state index contributed by atoms with van der Waals surface area (Å²) in [5.74, 6) is 1.76. The van der Waals surface area contributed by atoms with Gasteiger partial charge in [-0.15, -0.1) is 0 Å². The molecule has 0 aromatic heterocycles. The van der Waals surface area contributed by atoms with Gasteiger partial charge < -0.3 is 4.74 Å². The second-order valence-electron chi connectivity index (χ2n) is 5.48. The van der Waals surface area contributed by atoms with E-state index in [4.69, 9.17) is 4.74 Å². The molecule has 0 radical (unpaired) electrons. The molecule has 0 saturated heterocycles. The standard InChI is InChI=1S/C16H27NOS/c1-12(2)17(13(3)4)9-8-15-10-14(11-19)6-7-16(15)18-5/h6-7,10,12-13,19H,8-9,11H2,1-5H3. The fraction of sp³-hybridized carbons (Fsp3) is 0.625. The Balaban J connectivity index is 2.80. The Kier molecular flexibility index (Phi) is 6.73. The number of methoxy groups -OCH3 is 1. The summed E-state index contributed by atoms with van der Waals surface area (Å²) in [6.45, 7) is 10.1. The van der Waals surface area contributed by atoms with Crippen LogP contribution in [0, 0.1) is 0 Å². The highest BCUT2D eigenvalue weighted by Gasteiger charge is 2.14. The van der Waals surface area contributed by atoms with Crippen molar-refractivity contribution < 1.29 is 4.74 Å². The summed E-state index contributed by atoms with van der Waals surface area (Å²) < 4.78 is 5.45. The zero-order valence-electron chi connectivity index (χ0n) is 12.8. The van der Waals surface area contributed by atoms with E-state index in [0.29, 0.717) is 12.1 Å². The van der Waals surface area contributed by atoms with Crippen molar-refractivity contribution in [3.8, 4) is 5.75 Å². The molecular formula is C16H27NOS. The van der Waals surface area contributed by atoms with E-state index in [-0.39, 0.29) is 0 Å². The van der Waals surface area contributed by atoms with Crippen molar-refractivity contribution in [3.05, 3.63) is 29.3 Å². The van der Waals surface area contributed by atoms with Gasteiger partial charge in [0.05, 0.1) is 7.11 Å². The average molecular weight is 281 g/mol. The lowest BCUT2D eigenvalue weighted by atomic mass is 10.1. The van der Waals surface area contributed by atoms with Gasteiger partial charge in [0, 0.05) is 24.4 Å². The Morgan fingerprint density at radius 3 is 2.26 bits per heavy atom. The highest BCUT2D eigenvalue weighted by molar-refractivity contribution is 7.79. The topological polar surface area (TPSA) is 12.5 Å². The molecule has 0 atom stereocenters. The van der Waals surface area contributed by atoms with Gasteiger partial charge in [-0.3, -0.25) is 4.90 Å². The molecule has 0 spiro atoms. The molecule has 0 aliphatic heterocycles. The second-order valence-corrected chi connectivity index (χ2v) is 5.80. The Morgan fingerprint density at radius 1 is 1.16 bits per heavy atom.